The molecule has 3 aromatic rings. The number of carbonyl (C=O) groups excluding carboxylic acids is 1. The summed E-state index contributed by atoms with van der Waals surface area (Å²) < 4.78 is 35.1. The summed E-state index contributed by atoms with van der Waals surface area (Å²) in [6.07, 6.45) is 4.47. The van der Waals surface area contributed by atoms with E-state index in [-0.39, 0.29) is 11.8 Å². The van der Waals surface area contributed by atoms with Crippen LogP contribution >= 0.6 is 0 Å². The molecule has 0 spiro atoms. The van der Waals surface area contributed by atoms with Crippen LogP contribution in [0.25, 0.3) is 0 Å². The molecule has 0 aliphatic carbocycles. The van der Waals surface area contributed by atoms with Gasteiger partial charge in [-0.1, -0.05) is 29.8 Å². The van der Waals surface area contributed by atoms with E-state index in [1.54, 1.807) is 19.4 Å². The first kappa shape index (κ1) is 24.9. The molecule has 0 unspecified atom stereocenters. The van der Waals surface area contributed by atoms with Gasteiger partial charge in [0.2, 0.25) is 15.9 Å². The Morgan fingerprint density at radius 1 is 1.11 bits per heavy atom. The topological polar surface area (TPSA) is 93.5 Å². The lowest BCUT2D eigenvalue weighted by Gasteiger charge is -2.32. The molecule has 1 aromatic heterocycles. The molecule has 1 atom stereocenters. The number of aromatic nitrogens is 2. The minimum absolute atomic E-state index is 0.0996. The number of imidazole rings is 1. The average Bonchev–Trinajstić information content (AvgIpc) is 3.27. The van der Waals surface area contributed by atoms with Crippen molar-refractivity contribution in [1.29, 1.82) is 0 Å². The average molecular weight is 497 g/mol. The number of hydrogen-bond donors (Lipinski definition) is 1. The number of amides is 1. The molecule has 1 aliphatic heterocycles. The van der Waals surface area contributed by atoms with Gasteiger partial charge < -0.3 is 14.6 Å². The van der Waals surface area contributed by atoms with Crippen LogP contribution in [-0.4, -0.2) is 48.4 Å². The highest BCUT2D eigenvalue weighted by molar-refractivity contribution is 7.89. The lowest BCUT2D eigenvalue weighted by Crippen LogP contribution is -2.44. The molecular formula is C26H32N4O4S. The number of benzene rings is 2. The summed E-state index contributed by atoms with van der Waals surface area (Å²) in [5.74, 6) is 1.08. The highest BCUT2D eigenvalue weighted by atomic mass is 32.2. The maximum Gasteiger partial charge on any atom is 0.243 e. The van der Waals surface area contributed by atoms with Crippen molar-refractivity contribution in [3.8, 4) is 5.75 Å². The van der Waals surface area contributed by atoms with Gasteiger partial charge in [-0.25, -0.2) is 13.4 Å². The Hall–Kier alpha value is -3.17. The van der Waals surface area contributed by atoms with Crippen molar-refractivity contribution in [2.24, 2.45) is 13.0 Å². The Morgan fingerprint density at radius 2 is 1.80 bits per heavy atom. The molecular weight excluding hydrogens is 464 g/mol. The van der Waals surface area contributed by atoms with Crippen LogP contribution < -0.4 is 10.1 Å². The van der Waals surface area contributed by atoms with Crippen molar-refractivity contribution in [2.75, 3.05) is 20.2 Å². The highest BCUT2D eigenvalue weighted by Crippen LogP contribution is 2.28. The third-order valence-corrected chi connectivity index (χ3v) is 8.68. The molecule has 186 valence electrons. The Morgan fingerprint density at radius 3 is 2.37 bits per heavy atom. The van der Waals surface area contributed by atoms with Gasteiger partial charge in [-0.05, 0) is 56.0 Å². The number of nitrogens with one attached hydrogen (secondary N) is 1. The van der Waals surface area contributed by atoms with Gasteiger partial charge in [0.1, 0.15) is 17.6 Å². The maximum atomic E-state index is 13.3. The zero-order valence-electron chi connectivity index (χ0n) is 20.6. The van der Waals surface area contributed by atoms with Crippen molar-refractivity contribution in [3.05, 3.63) is 77.4 Å². The molecule has 2 heterocycles. The third kappa shape index (κ3) is 5.26. The van der Waals surface area contributed by atoms with Crippen molar-refractivity contribution in [2.45, 2.75) is 37.6 Å². The van der Waals surface area contributed by atoms with Crippen LogP contribution in [0.2, 0.25) is 0 Å². The first-order valence-electron chi connectivity index (χ1n) is 11.7. The summed E-state index contributed by atoms with van der Waals surface area (Å²) in [6.45, 7) is 4.38. The van der Waals surface area contributed by atoms with Crippen molar-refractivity contribution >= 4 is 15.9 Å². The van der Waals surface area contributed by atoms with E-state index in [4.69, 9.17) is 4.74 Å². The SMILES string of the molecule is COc1ccc([C@@H](NC(=O)C2CCN(S(=O)(=O)c3ccc(C)cc3C)CC2)c2nccn2C)cc1. The van der Waals surface area contributed by atoms with Crippen LogP contribution in [0, 0.1) is 19.8 Å². The highest BCUT2D eigenvalue weighted by Gasteiger charge is 2.34. The van der Waals surface area contributed by atoms with Crippen molar-refractivity contribution < 1.29 is 17.9 Å². The summed E-state index contributed by atoms with van der Waals surface area (Å²) in [4.78, 5) is 18.1. The fraction of sp³-hybridized carbons (Fsp3) is 0.385. The van der Waals surface area contributed by atoms with Crippen molar-refractivity contribution in [3.63, 3.8) is 0 Å². The molecule has 9 heteroatoms. The molecule has 1 aliphatic rings. The van der Waals surface area contributed by atoms with Gasteiger partial charge in [-0.2, -0.15) is 4.31 Å². The maximum absolute atomic E-state index is 13.3. The van der Waals surface area contributed by atoms with E-state index in [0.29, 0.717) is 30.8 Å². The van der Waals surface area contributed by atoms with E-state index in [2.05, 4.69) is 10.3 Å². The number of carbonyl (C=O) groups is 1. The Kier molecular flexibility index (Phi) is 7.28. The van der Waals surface area contributed by atoms with Gasteiger partial charge >= 0.3 is 0 Å². The second-order valence-corrected chi connectivity index (χ2v) is 11.0. The van der Waals surface area contributed by atoms with Crippen LogP contribution in [0.3, 0.4) is 0 Å². The molecule has 1 N–H and O–H groups in total. The first-order chi connectivity index (χ1) is 16.7. The molecule has 2 aromatic carbocycles. The molecule has 0 bridgehead atoms. The van der Waals surface area contributed by atoms with Crippen LogP contribution in [0.15, 0.2) is 59.8 Å². The number of piperidine rings is 1. The predicted molar refractivity (Wildman–Crippen MR) is 134 cm³/mol. The zero-order chi connectivity index (χ0) is 25.2. The van der Waals surface area contributed by atoms with E-state index in [1.807, 2.05) is 68.1 Å². The lowest BCUT2D eigenvalue weighted by molar-refractivity contribution is -0.126. The summed E-state index contributed by atoms with van der Waals surface area (Å²) in [5.41, 5.74) is 2.65. The smallest absolute Gasteiger partial charge is 0.243 e. The second-order valence-electron chi connectivity index (χ2n) is 9.06. The fourth-order valence-corrected chi connectivity index (χ4v) is 6.27. The van der Waals surface area contributed by atoms with E-state index < -0.39 is 16.1 Å². The van der Waals surface area contributed by atoms with Gasteiger partial charge in [0.25, 0.3) is 0 Å². The number of rotatable bonds is 7. The second kappa shape index (κ2) is 10.2. The van der Waals surface area contributed by atoms with E-state index >= 15 is 0 Å². The number of nitrogens with zero attached hydrogens (tertiary/aromatic N) is 3. The van der Waals surface area contributed by atoms with Crippen LogP contribution in [0.5, 0.6) is 5.75 Å². The molecule has 0 radical (unpaired) electrons. The standard InChI is InChI=1S/C26H32N4O4S/c1-18-5-10-23(19(2)17-18)35(32,33)30-14-11-21(12-15-30)26(31)28-24(25-27-13-16-29(25)3)20-6-8-22(34-4)9-7-20/h5-10,13,16-17,21,24H,11-12,14-15H2,1-4H3,(H,28,31)/t24-/m1/s1. The van der Waals surface area contributed by atoms with Crippen LogP contribution in [-0.2, 0) is 21.9 Å². The number of methoxy groups -OCH3 is 1. The molecule has 35 heavy (non-hydrogen) atoms. The predicted octanol–water partition coefficient (Wildman–Crippen LogP) is 3.35. The molecule has 4 rings (SSSR count). The van der Waals surface area contributed by atoms with Crippen LogP contribution in [0.1, 0.15) is 41.4 Å². The molecule has 1 fully saturated rings. The summed E-state index contributed by atoms with van der Waals surface area (Å²) >= 11 is 0. The number of sulfonamides is 1. The Bertz CT molecular complexity index is 1290. The van der Waals surface area contributed by atoms with E-state index in [9.17, 15) is 13.2 Å². The van der Waals surface area contributed by atoms with Gasteiger partial charge in [0.05, 0.1) is 12.0 Å². The van der Waals surface area contributed by atoms with E-state index in [0.717, 1.165) is 28.3 Å². The minimum Gasteiger partial charge on any atom is -0.497 e. The number of hydrogen-bond acceptors (Lipinski definition) is 5. The van der Waals surface area contributed by atoms with Gasteiger partial charge in [-0.15, -0.1) is 0 Å². The Balaban J connectivity index is 1.47. The monoisotopic (exact) mass is 496 g/mol. The minimum atomic E-state index is -3.60. The van der Waals surface area contributed by atoms with E-state index in [1.165, 1.54) is 4.31 Å². The molecule has 1 saturated heterocycles. The van der Waals surface area contributed by atoms with Crippen molar-refractivity contribution in [1.82, 2.24) is 19.2 Å². The van der Waals surface area contributed by atoms with Gasteiger partial charge in [0, 0.05) is 38.4 Å². The molecule has 1 amide bonds. The molecule has 0 saturated carbocycles. The summed E-state index contributed by atoms with van der Waals surface area (Å²) in [6, 6.07) is 12.5. The normalized spacial score (nSPS) is 16.1. The van der Waals surface area contributed by atoms with Gasteiger partial charge in [0.15, 0.2) is 0 Å². The zero-order valence-corrected chi connectivity index (χ0v) is 21.4. The van der Waals surface area contributed by atoms with Gasteiger partial charge in [-0.3, -0.25) is 4.79 Å². The largest absolute Gasteiger partial charge is 0.497 e. The number of ether oxygens (including phenoxy) is 1. The third-order valence-electron chi connectivity index (χ3n) is 6.63. The molecule has 8 nitrogen and oxygen atoms in total. The quantitative estimate of drug-likeness (QED) is 0.542. The fourth-order valence-electron chi connectivity index (χ4n) is 4.59. The lowest BCUT2D eigenvalue weighted by atomic mass is 9.96. The first-order valence-corrected chi connectivity index (χ1v) is 13.1. The number of aryl methyl sites for hydroxylation is 3. The Labute approximate surface area is 207 Å². The summed E-state index contributed by atoms with van der Waals surface area (Å²) in [5, 5.41) is 3.15. The summed E-state index contributed by atoms with van der Waals surface area (Å²) in [7, 11) is -0.0948. The van der Waals surface area contributed by atoms with Crippen LogP contribution in [0.4, 0.5) is 0 Å².